The van der Waals surface area contributed by atoms with E-state index in [1.807, 2.05) is 48.5 Å². The van der Waals surface area contributed by atoms with Gasteiger partial charge in [-0.05, 0) is 42.2 Å². The predicted molar refractivity (Wildman–Crippen MR) is 127 cm³/mol. The van der Waals surface area contributed by atoms with E-state index in [1.54, 1.807) is 12.1 Å². The number of carbonyl (C=O) groups excluding carboxylic acids is 1. The van der Waals surface area contributed by atoms with Crippen molar-refractivity contribution in [2.75, 3.05) is 12.5 Å². The number of benzene rings is 2. The lowest BCUT2D eigenvalue weighted by Gasteiger charge is -2.43. The fraction of sp³-hybridized carbons (Fsp3) is 0.280. The summed E-state index contributed by atoms with van der Waals surface area (Å²) >= 11 is 3.52. The van der Waals surface area contributed by atoms with Gasteiger partial charge in [-0.3, -0.25) is 10.2 Å². The molecule has 164 valence electrons. The van der Waals surface area contributed by atoms with Gasteiger partial charge in [-0.25, -0.2) is 5.01 Å². The van der Waals surface area contributed by atoms with Crippen LogP contribution in [0.25, 0.3) is 0 Å². The van der Waals surface area contributed by atoms with E-state index < -0.39 is 5.92 Å². The van der Waals surface area contributed by atoms with Crippen molar-refractivity contribution in [3.05, 3.63) is 81.2 Å². The van der Waals surface area contributed by atoms with Gasteiger partial charge in [-0.1, -0.05) is 48.0 Å². The number of carbonyl (C=O) groups is 1. The predicted octanol–water partition coefficient (Wildman–Crippen LogP) is 5.22. The number of ether oxygens (including phenoxy) is 1. The molecule has 6 nitrogen and oxygen atoms in total. The first kappa shape index (κ1) is 22.0. The first-order valence-corrected chi connectivity index (χ1v) is 11.2. The number of hydrogen-bond acceptors (Lipinski definition) is 6. The van der Waals surface area contributed by atoms with Crippen molar-refractivity contribution in [3.8, 4) is 11.8 Å². The molecular weight excluding hydrogens is 468 g/mol. The van der Waals surface area contributed by atoms with E-state index >= 15 is 0 Å². The monoisotopic (exact) mass is 492 g/mol. The van der Waals surface area contributed by atoms with Gasteiger partial charge in [0.1, 0.15) is 11.6 Å². The Balaban J connectivity index is 1.96. The number of ketones is 1. The molecule has 1 heterocycles. The largest absolute Gasteiger partial charge is 0.496 e. The van der Waals surface area contributed by atoms with Crippen molar-refractivity contribution in [1.29, 1.82) is 5.26 Å². The van der Waals surface area contributed by atoms with Gasteiger partial charge >= 0.3 is 0 Å². The van der Waals surface area contributed by atoms with Crippen LogP contribution in [-0.4, -0.2) is 17.9 Å². The number of para-hydroxylation sites is 1. The number of nitrogens with one attached hydrogen (secondary N) is 1. The average Bonchev–Trinajstić information content (AvgIpc) is 2.75. The van der Waals surface area contributed by atoms with E-state index in [2.05, 4.69) is 41.3 Å². The molecule has 0 radical (unpaired) electrons. The van der Waals surface area contributed by atoms with Gasteiger partial charge < -0.3 is 10.5 Å². The minimum Gasteiger partial charge on any atom is -0.496 e. The van der Waals surface area contributed by atoms with Crippen LogP contribution in [0.2, 0.25) is 0 Å². The topological polar surface area (TPSA) is 91.4 Å². The maximum absolute atomic E-state index is 13.5. The smallest absolute Gasteiger partial charge is 0.162 e. The quantitative estimate of drug-likeness (QED) is 0.607. The Morgan fingerprint density at radius 1 is 1.22 bits per heavy atom. The highest BCUT2D eigenvalue weighted by molar-refractivity contribution is 9.10. The van der Waals surface area contributed by atoms with Crippen LogP contribution >= 0.6 is 15.9 Å². The van der Waals surface area contributed by atoms with Crippen LogP contribution in [-0.2, 0) is 4.79 Å². The molecule has 0 saturated carbocycles. The Bertz CT molecular complexity index is 1180. The molecule has 0 spiro atoms. The highest BCUT2D eigenvalue weighted by Crippen LogP contribution is 2.50. The summed E-state index contributed by atoms with van der Waals surface area (Å²) in [7, 11) is 1.58. The summed E-state index contributed by atoms with van der Waals surface area (Å²) < 4.78 is 6.44. The molecule has 0 aromatic heterocycles. The van der Waals surface area contributed by atoms with E-state index in [9.17, 15) is 10.1 Å². The summed E-state index contributed by atoms with van der Waals surface area (Å²) in [6.45, 7) is 4.15. The number of hydrogen-bond donors (Lipinski definition) is 2. The molecule has 1 aliphatic carbocycles. The number of nitrogens with two attached hydrogens (primary N) is 1. The fourth-order valence-corrected chi connectivity index (χ4v) is 4.90. The molecule has 0 bridgehead atoms. The third-order valence-electron chi connectivity index (χ3n) is 5.90. The van der Waals surface area contributed by atoms with Gasteiger partial charge in [0, 0.05) is 22.0 Å². The van der Waals surface area contributed by atoms with Gasteiger partial charge in [0.05, 0.1) is 36.1 Å². The first-order chi connectivity index (χ1) is 15.3. The summed E-state index contributed by atoms with van der Waals surface area (Å²) in [6, 6.07) is 17.5. The summed E-state index contributed by atoms with van der Waals surface area (Å²) in [5.41, 5.74) is 12.9. The number of Topliss-reactive ketones (excluding diaryl/α,β-unsaturated/α-hetero) is 1. The van der Waals surface area contributed by atoms with Crippen molar-refractivity contribution in [1.82, 2.24) is 5.01 Å². The number of hydrazine groups is 1. The molecule has 2 aromatic carbocycles. The molecule has 7 heteroatoms. The highest BCUT2D eigenvalue weighted by Gasteiger charge is 2.45. The molecule has 0 amide bonds. The van der Waals surface area contributed by atoms with Crippen LogP contribution in [0.4, 0.5) is 5.69 Å². The molecule has 3 N–H and O–H groups in total. The van der Waals surface area contributed by atoms with Crippen LogP contribution in [0, 0.1) is 16.7 Å². The standard InChI is InChI=1S/C25H25BrN4O2/c1-25(2)12-19-23(20(31)13-25)22(17-11-15(26)9-10-21(17)32-3)18(14-27)24(28)30(19)29-16-7-5-4-6-8-16/h4-11,22,29H,12-13,28H2,1-3H3/t22-/m0/s1. The molecule has 1 aliphatic heterocycles. The molecule has 2 aliphatic rings. The van der Waals surface area contributed by atoms with E-state index in [1.165, 1.54) is 0 Å². The van der Waals surface area contributed by atoms with Crippen LogP contribution in [0.1, 0.15) is 38.2 Å². The van der Waals surface area contributed by atoms with Crippen LogP contribution in [0.5, 0.6) is 5.75 Å². The van der Waals surface area contributed by atoms with E-state index in [4.69, 9.17) is 10.5 Å². The van der Waals surface area contributed by atoms with Crippen molar-refractivity contribution in [3.63, 3.8) is 0 Å². The second kappa shape index (κ2) is 8.36. The summed E-state index contributed by atoms with van der Waals surface area (Å²) in [6.07, 6.45) is 1.04. The van der Waals surface area contributed by atoms with Crippen molar-refractivity contribution < 1.29 is 9.53 Å². The molecule has 0 saturated heterocycles. The van der Waals surface area contributed by atoms with Crippen molar-refractivity contribution >= 4 is 27.4 Å². The zero-order chi connectivity index (χ0) is 23.0. The zero-order valence-electron chi connectivity index (χ0n) is 18.3. The number of nitrogens with zero attached hydrogens (tertiary/aromatic N) is 2. The Morgan fingerprint density at radius 2 is 1.94 bits per heavy atom. The Labute approximate surface area is 196 Å². The lowest BCUT2D eigenvalue weighted by molar-refractivity contribution is -0.118. The maximum atomic E-state index is 13.5. The number of methoxy groups -OCH3 is 1. The van der Waals surface area contributed by atoms with Gasteiger partial charge in [0.2, 0.25) is 0 Å². The van der Waals surface area contributed by atoms with Crippen LogP contribution in [0.3, 0.4) is 0 Å². The lowest BCUT2D eigenvalue weighted by Crippen LogP contribution is -2.44. The third-order valence-corrected chi connectivity index (χ3v) is 6.39. The van der Waals surface area contributed by atoms with Gasteiger partial charge in [-0.2, -0.15) is 5.26 Å². The normalized spacial score (nSPS) is 20.0. The number of rotatable bonds is 4. The number of nitriles is 1. The maximum Gasteiger partial charge on any atom is 0.162 e. The molecule has 1 atom stereocenters. The Hall–Kier alpha value is -3.24. The minimum absolute atomic E-state index is 0.0170. The molecule has 0 fully saturated rings. The van der Waals surface area contributed by atoms with Crippen LogP contribution < -0.4 is 15.9 Å². The van der Waals surface area contributed by atoms with Gasteiger partial charge in [0.25, 0.3) is 0 Å². The number of halogens is 1. The second-order valence-corrected chi connectivity index (χ2v) is 9.76. The Kier molecular flexibility index (Phi) is 5.74. The van der Waals surface area contributed by atoms with Gasteiger partial charge in [-0.15, -0.1) is 0 Å². The van der Waals surface area contributed by atoms with Crippen molar-refractivity contribution in [2.24, 2.45) is 11.1 Å². The van der Waals surface area contributed by atoms with E-state index in [0.29, 0.717) is 29.7 Å². The van der Waals surface area contributed by atoms with Crippen molar-refractivity contribution in [2.45, 2.75) is 32.6 Å². The van der Waals surface area contributed by atoms with E-state index in [0.717, 1.165) is 21.4 Å². The first-order valence-electron chi connectivity index (χ1n) is 10.4. The lowest BCUT2D eigenvalue weighted by atomic mass is 9.69. The third kappa shape index (κ3) is 3.87. The molecule has 4 rings (SSSR count). The number of anilines is 1. The second-order valence-electron chi connectivity index (χ2n) is 8.84. The summed E-state index contributed by atoms with van der Waals surface area (Å²) in [5, 5.41) is 11.9. The Morgan fingerprint density at radius 3 is 2.59 bits per heavy atom. The average molecular weight is 493 g/mol. The number of allylic oxidation sites excluding steroid dienone is 3. The molecular formula is C25H25BrN4O2. The zero-order valence-corrected chi connectivity index (χ0v) is 19.9. The highest BCUT2D eigenvalue weighted by atomic mass is 79.9. The molecule has 2 aromatic rings. The minimum atomic E-state index is -0.597. The SMILES string of the molecule is COc1ccc(Br)cc1[C@H]1C(C#N)=C(N)N(Nc2ccccc2)C2=C1C(=O)CC(C)(C)C2. The summed E-state index contributed by atoms with van der Waals surface area (Å²) in [5.74, 6) is 0.309. The summed E-state index contributed by atoms with van der Waals surface area (Å²) in [4.78, 5) is 13.5. The van der Waals surface area contributed by atoms with Crippen LogP contribution in [0.15, 0.2) is 75.7 Å². The fourth-order valence-electron chi connectivity index (χ4n) is 4.52. The molecule has 0 unspecified atom stereocenters. The van der Waals surface area contributed by atoms with Gasteiger partial charge in [0.15, 0.2) is 5.78 Å². The molecule has 32 heavy (non-hydrogen) atoms. The van der Waals surface area contributed by atoms with E-state index in [-0.39, 0.29) is 17.0 Å².